The number of rotatable bonds is 4. The minimum Gasteiger partial charge on any atom is -0.0758 e. The molecule has 2 aromatic rings. The predicted molar refractivity (Wildman–Crippen MR) is 112 cm³/mol. The molecule has 120 valence electrons. The summed E-state index contributed by atoms with van der Waals surface area (Å²) in [4.78, 5) is 0. The maximum atomic E-state index is 3.84. The molecule has 2 heteroatoms. The van der Waals surface area contributed by atoms with E-state index in [0.29, 0.717) is 0 Å². The van der Waals surface area contributed by atoms with Crippen LogP contribution in [-0.4, -0.2) is 4.32 Å². The summed E-state index contributed by atoms with van der Waals surface area (Å²) in [5, 5.41) is 0. The van der Waals surface area contributed by atoms with Crippen LogP contribution in [0.1, 0.15) is 17.5 Å². The number of hydrogen-bond donors (Lipinski definition) is 0. The molecule has 0 nitrogen and oxygen atoms in total. The summed E-state index contributed by atoms with van der Waals surface area (Å²) >= 11 is 7.30. The van der Waals surface area contributed by atoms with Crippen LogP contribution in [0.15, 0.2) is 95.0 Å². The van der Waals surface area contributed by atoms with Crippen LogP contribution >= 0.6 is 31.9 Å². The average molecular weight is 442 g/mol. The predicted octanol–water partition coefficient (Wildman–Crippen LogP) is 7.20. The molecule has 0 heterocycles. The Bertz CT molecular complexity index is 796. The van der Waals surface area contributed by atoms with Crippen LogP contribution in [-0.2, 0) is 0 Å². The monoisotopic (exact) mass is 440 g/mol. The van der Waals surface area contributed by atoms with E-state index in [0.717, 1.165) is 10.9 Å². The molecule has 0 saturated heterocycles. The van der Waals surface area contributed by atoms with Crippen molar-refractivity contribution in [2.45, 2.75) is 10.7 Å². The van der Waals surface area contributed by atoms with Crippen molar-refractivity contribution in [3.05, 3.63) is 106 Å². The summed E-state index contributed by atoms with van der Waals surface area (Å²) in [5.74, 6) is 0. The molecule has 0 radical (unpaired) electrons. The molecule has 0 amide bonds. The standard InChI is InChI=1S/C22H18Br2/c23-21-10-8-19(9-11-21)12-15-22(24)16-13-20(14-17-22)7-6-18-4-2-1-3-5-18/h1-16H,17H2. The Labute approximate surface area is 160 Å². The van der Waals surface area contributed by atoms with Gasteiger partial charge in [-0.15, -0.1) is 0 Å². The Balaban J connectivity index is 1.64. The van der Waals surface area contributed by atoms with Crippen LogP contribution in [0, 0.1) is 0 Å². The van der Waals surface area contributed by atoms with Crippen LogP contribution in [0.2, 0.25) is 0 Å². The Hall–Kier alpha value is -1.64. The zero-order valence-electron chi connectivity index (χ0n) is 13.2. The molecule has 1 unspecified atom stereocenters. The van der Waals surface area contributed by atoms with Gasteiger partial charge in [0, 0.05) is 4.47 Å². The highest BCUT2D eigenvalue weighted by Gasteiger charge is 2.20. The SMILES string of the molecule is Brc1ccc(C=CC2(Br)C=CC(C=Cc3ccccc3)=CC2)cc1. The second-order valence-corrected chi connectivity index (χ2v) is 8.19. The third-order valence-corrected chi connectivity index (χ3v) is 5.28. The average Bonchev–Trinajstić information content (AvgIpc) is 2.62. The van der Waals surface area contributed by atoms with E-state index in [1.54, 1.807) is 0 Å². The van der Waals surface area contributed by atoms with E-state index in [1.807, 2.05) is 6.07 Å². The van der Waals surface area contributed by atoms with Crippen molar-refractivity contribution >= 4 is 44.0 Å². The molecule has 24 heavy (non-hydrogen) atoms. The lowest BCUT2D eigenvalue weighted by molar-refractivity contribution is 0.898. The molecule has 0 fully saturated rings. The summed E-state index contributed by atoms with van der Waals surface area (Å²) in [6.07, 6.45) is 16.3. The molecule has 0 aliphatic heterocycles. The fraction of sp³-hybridized carbons (Fsp3) is 0.0909. The van der Waals surface area contributed by atoms with Gasteiger partial charge in [-0.05, 0) is 35.3 Å². The normalized spacial score (nSPS) is 20.7. The van der Waals surface area contributed by atoms with E-state index in [9.17, 15) is 0 Å². The second-order valence-electron chi connectivity index (χ2n) is 5.80. The smallest absolute Gasteiger partial charge is 0.0657 e. The summed E-state index contributed by atoms with van der Waals surface area (Å²) in [5.41, 5.74) is 3.66. The van der Waals surface area contributed by atoms with Crippen LogP contribution in [0.25, 0.3) is 12.2 Å². The molecular weight excluding hydrogens is 424 g/mol. The van der Waals surface area contributed by atoms with Gasteiger partial charge >= 0.3 is 0 Å². The fourth-order valence-corrected chi connectivity index (χ4v) is 3.15. The zero-order valence-corrected chi connectivity index (χ0v) is 16.4. The summed E-state index contributed by atoms with van der Waals surface area (Å²) in [7, 11) is 0. The van der Waals surface area contributed by atoms with Gasteiger partial charge in [-0.3, -0.25) is 0 Å². The third kappa shape index (κ3) is 4.93. The summed E-state index contributed by atoms with van der Waals surface area (Å²) in [6.45, 7) is 0. The first-order valence-corrected chi connectivity index (χ1v) is 9.48. The van der Waals surface area contributed by atoms with Gasteiger partial charge < -0.3 is 0 Å². The maximum Gasteiger partial charge on any atom is 0.0657 e. The van der Waals surface area contributed by atoms with E-state index in [-0.39, 0.29) is 4.32 Å². The lowest BCUT2D eigenvalue weighted by Gasteiger charge is -2.21. The first-order chi connectivity index (χ1) is 11.6. The highest BCUT2D eigenvalue weighted by Crippen LogP contribution is 2.32. The van der Waals surface area contributed by atoms with Crippen LogP contribution in [0.4, 0.5) is 0 Å². The van der Waals surface area contributed by atoms with Gasteiger partial charge in [-0.2, -0.15) is 0 Å². The van der Waals surface area contributed by atoms with E-state index in [4.69, 9.17) is 0 Å². The quantitative estimate of drug-likeness (QED) is 0.440. The van der Waals surface area contributed by atoms with Gasteiger partial charge in [0.25, 0.3) is 0 Å². The van der Waals surface area contributed by atoms with E-state index in [2.05, 4.69) is 123 Å². The molecule has 3 rings (SSSR count). The van der Waals surface area contributed by atoms with Crippen LogP contribution < -0.4 is 0 Å². The van der Waals surface area contributed by atoms with Crippen molar-refractivity contribution in [3.63, 3.8) is 0 Å². The molecular formula is C22H18Br2. The molecule has 0 N–H and O–H groups in total. The van der Waals surface area contributed by atoms with Gasteiger partial charge in [-0.1, -0.05) is 117 Å². The van der Waals surface area contributed by atoms with Crippen molar-refractivity contribution in [1.29, 1.82) is 0 Å². The Morgan fingerprint density at radius 2 is 1.54 bits per heavy atom. The number of alkyl halides is 1. The minimum absolute atomic E-state index is 0.107. The van der Waals surface area contributed by atoms with E-state index in [1.165, 1.54) is 16.7 Å². The molecule has 0 bridgehead atoms. The van der Waals surface area contributed by atoms with Crippen molar-refractivity contribution in [3.8, 4) is 0 Å². The topological polar surface area (TPSA) is 0 Å². The van der Waals surface area contributed by atoms with Crippen molar-refractivity contribution in [2.24, 2.45) is 0 Å². The first-order valence-electron chi connectivity index (χ1n) is 7.89. The van der Waals surface area contributed by atoms with Crippen LogP contribution in [0.5, 0.6) is 0 Å². The Morgan fingerprint density at radius 1 is 0.833 bits per heavy atom. The van der Waals surface area contributed by atoms with Gasteiger partial charge in [0.15, 0.2) is 0 Å². The highest BCUT2D eigenvalue weighted by molar-refractivity contribution is 9.10. The van der Waals surface area contributed by atoms with Gasteiger partial charge in [0.1, 0.15) is 0 Å². The number of benzene rings is 2. The first kappa shape index (κ1) is 17.2. The van der Waals surface area contributed by atoms with Crippen molar-refractivity contribution < 1.29 is 0 Å². The largest absolute Gasteiger partial charge is 0.0758 e. The van der Waals surface area contributed by atoms with Gasteiger partial charge in [0.2, 0.25) is 0 Å². The molecule has 1 atom stereocenters. The number of allylic oxidation sites excluding steroid dienone is 6. The minimum atomic E-state index is -0.107. The molecule has 2 aromatic carbocycles. The van der Waals surface area contributed by atoms with E-state index < -0.39 is 0 Å². The number of hydrogen-bond acceptors (Lipinski definition) is 0. The third-order valence-electron chi connectivity index (χ3n) is 3.89. The summed E-state index contributed by atoms with van der Waals surface area (Å²) < 4.78 is 0.994. The maximum absolute atomic E-state index is 3.84. The van der Waals surface area contributed by atoms with Crippen LogP contribution in [0.3, 0.4) is 0 Å². The molecule has 1 aliphatic rings. The Kier molecular flexibility index (Phi) is 5.70. The fourth-order valence-electron chi connectivity index (χ4n) is 2.46. The molecule has 0 saturated carbocycles. The van der Waals surface area contributed by atoms with E-state index >= 15 is 0 Å². The lowest BCUT2D eigenvalue weighted by atomic mass is 9.95. The molecule has 0 spiro atoms. The zero-order chi connectivity index (χ0) is 16.8. The van der Waals surface area contributed by atoms with Crippen molar-refractivity contribution in [2.75, 3.05) is 0 Å². The summed E-state index contributed by atoms with van der Waals surface area (Å²) in [6, 6.07) is 18.7. The molecule has 0 aromatic heterocycles. The molecule has 1 aliphatic carbocycles. The lowest BCUT2D eigenvalue weighted by Crippen LogP contribution is -2.14. The number of halogens is 2. The van der Waals surface area contributed by atoms with Crippen molar-refractivity contribution in [1.82, 2.24) is 0 Å². The van der Waals surface area contributed by atoms with Gasteiger partial charge in [-0.25, -0.2) is 0 Å². The second kappa shape index (κ2) is 7.96. The van der Waals surface area contributed by atoms with Gasteiger partial charge in [0.05, 0.1) is 4.32 Å². The highest BCUT2D eigenvalue weighted by atomic mass is 79.9. The Morgan fingerprint density at radius 3 is 2.21 bits per heavy atom.